The quantitative estimate of drug-likeness (QED) is 0.737. The number of carboxylic acids is 1. The van der Waals surface area contributed by atoms with Crippen LogP contribution in [0.25, 0.3) is 0 Å². The van der Waals surface area contributed by atoms with E-state index < -0.39 is 18.0 Å². The van der Waals surface area contributed by atoms with Crippen molar-refractivity contribution in [3.8, 4) is 0 Å². The van der Waals surface area contributed by atoms with Gasteiger partial charge < -0.3 is 15.7 Å². The highest BCUT2D eigenvalue weighted by atomic mass is 32.1. The van der Waals surface area contributed by atoms with Crippen LogP contribution >= 0.6 is 11.3 Å². The number of hydrogen-bond acceptors (Lipinski definition) is 4. The highest BCUT2D eigenvalue weighted by Gasteiger charge is 2.17. The minimum Gasteiger partial charge on any atom is -0.480 e. The van der Waals surface area contributed by atoms with Crippen LogP contribution in [0.15, 0.2) is 6.20 Å². The Hall–Kier alpha value is -1.63. The SMILES string of the molecule is CC[C@@H](NC(=O)NCc1ncc(C)s1)C(=O)O. The van der Waals surface area contributed by atoms with Crippen molar-refractivity contribution in [3.05, 3.63) is 16.1 Å². The van der Waals surface area contributed by atoms with Gasteiger partial charge in [0.15, 0.2) is 0 Å². The number of aryl methyl sites for hydroxylation is 1. The fourth-order valence-corrected chi connectivity index (χ4v) is 1.91. The zero-order chi connectivity index (χ0) is 12.8. The smallest absolute Gasteiger partial charge is 0.326 e. The van der Waals surface area contributed by atoms with Gasteiger partial charge in [-0.05, 0) is 13.3 Å². The third-order valence-corrected chi connectivity index (χ3v) is 2.99. The Bertz CT molecular complexity index is 405. The molecule has 0 aromatic carbocycles. The molecule has 94 valence electrons. The predicted molar refractivity (Wildman–Crippen MR) is 63.9 cm³/mol. The third-order valence-electron chi connectivity index (χ3n) is 2.08. The number of rotatable bonds is 5. The van der Waals surface area contributed by atoms with Crippen LogP contribution < -0.4 is 10.6 Å². The van der Waals surface area contributed by atoms with E-state index in [0.717, 1.165) is 9.88 Å². The van der Waals surface area contributed by atoms with Crippen LogP contribution in [-0.4, -0.2) is 28.1 Å². The molecule has 1 atom stereocenters. The second-order valence-electron chi connectivity index (χ2n) is 3.49. The van der Waals surface area contributed by atoms with Gasteiger partial charge in [-0.3, -0.25) is 0 Å². The Labute approximate surface area is 103 Å². The lowest BCUT2D eigenvalue weighted by Gasteiger charge is -2.12. The summed E-state index contributed by atoms with van der Waals surface area (Å²) in [6, 6.07) is -1.35. The van der Waals surface area contributed by atoms with Crippen LogP contribution in [0.1, 0.15) is 23.2 Å². The molecule has 1 rings (SSSR count). The zero-order valence-corrected chi connectivity index (χ0v) is 10.5. The molecule has 0 bridgehead atoms. The molecule has 0 aliphatic carbocycles. The molecule has 1 aromatic rings. The lowest BCUT2D eigenvalue weighted by Crippen LogP contribution is -2.45. The average molecular weight is 257 g/mol. The molecule has 0 spiro atoms. The Balaban J connectivity index is 2.37. The molecule has 17 heavy (non-hydrogen) atoms. The summed E-state index contributed by atoms with van der Waals surface area (Å²) in [7, 11) is 0. The summed E-state index contributed by atoms with van der Waals surface area (Å²) in [5.41, 5.74) is 0. The van der Waals surface area contributed by atoms with Crippen molar-refractivity contribution in [2.24, 2.45) is 0 Å². The van der Waals surface area contributed by atoms with E-state index in [2.05, 4.69) is 15.6 Å². The van der Waals surface area contributed by atoms with E-state index in [1.165, 1.54) is 11.3 Å². The molecule has 0 fully saturated rings. The molecule has 0 saturated heterocycles. The lowest BCUT2D eigenvalue weighted by molar-refractivity contribution is -0.139. The Morgan fingerprint density at radius 2 is 2.29 bits per heavy atom. The number of carbonyl (C=O) groups is 2. The van der Waals surface area contributed by atoms with Crippen molar-refractivity contribution in [1.82, 2.24) is 15.6 Å². The van der Waals surface area contributed by atoms with Gasteiger partial charge in [-0.15, -0.1) is 11.3 Å². The van der Waals surface area contributed by atoms with Crippen LogP contribution in [0.5, 0.6) is 0 Å². The van der Waals surface area contributed by atoms with Gasteiger partial charge in [0, 0.05) is 11.1 Å². The standard InChI is InChI=1S/C10H15N3O3S/c1-3-7(9(14)15)13-10(16)12-5-8-11-4-6(2)17-8/h4,7H,3,5H2,1-2H3,(H,14,15)(H2,12,13,16)/t7-/m1/s1. The van der Waals surface area contributed by atoms with Gasteiger partial charge in [0.1, 0.15) is 11.0 Å². The number of nitrogens with one attached hydrogen (secondary N) is 2. The van der Waals surface area contributed by atoms with Crippen molar-refractivity contribution in [3.63, 3.8) is 0 Å². The number of urea groups is 1. The summed E-state index contributed by atoms with van der Waals surface area (Å²) in [6.07, 6.45) is 2.07. The molecular weight excluding hydrogens is 242 g/mol. The molecule has 0 saturated carbocycles. The van der Waals surface area contributed by atoms with Gasteiger partial charge in [0.05, 0.1) is 6.54 Å². The van der Waals surface area contributed by atoms with E-state index in [0.29, 0.717) is 13.0 Å². The zero-order valence-electron chi connectivity index (χ0n) is 9.69. The number of hydrogen-bond donors (Lipinski definition) is 3. The molecular formula is C10H15N3O3S. The van der Waals surface area contributed by atoms with E-state index in [1.807, 2.05) is 6.92 Å². The van der Waals surface area contributed by atoms with Crippen molar-refractivity contribution in [2.75, 3.05) is 0 Å². The molecule has 1 aromatic heterocycles. The average Bonchev–Trinajstić information content (AvgIpc) is 2.68. The third kappa shape index (κ3) is 4.39. The molecule has 0 unspecified atom stereocenters. The molecule has 1 heterocycles. The number of amides is 2. The summed E-state index contributed by atoms with van der Waals surface area (Å²) in [5.74, 6) is -1.03. The number of aromatic nitrogens is 1. The second kappa shape index (κ2) is 6.19. The van der Waals surface area contributed by atoms with Gasteiger partial charge in [-0.25, -0.2) is 14.6 Å². The first-order valence-electron chi connectivity index (χ1n) is 5.21. The van der Waals surface area contributed by atoms with Crippen molar-refractivity contribution in [1.29, 1.82) is 0 Å². The van der Waals surface area contributed by atoms with E-state index in [9.17, 15) is 9.59 Å². The van der Waals surface area contributed by atoms with Gasteiger partial charge in [-0.2, -0.15) is 0 Å². The van der Waals surface area contributed by atoms with Gasteiger partial charge in [0.25, 0.3) is 0 Å². The number of thiazole rings is 1. The maximum atomic E-state index is 11.4. The minimum absolute atomic E-state index is 0.306. The molecule has 6 nitrogen and oxygen atoms in total. The fourth-order valence-electron chi connectivity index (χ4n) is 1.19. The van der Waals surface area contributed by atoms with Crippen LogP contribution in [0.2, 0.25) is 0 Å². The van der Waals surface area contributed by atoms with Crippen molar-refractivity contribution >= 4 is 23.3 Å². The monoisotopic (exact) mass is 257 g/mol. The van der Waals surface area contributed by atoms with Gasteiger partial charge in [-0.1, -0.05) is 6.92 Å². The fraction of sp³-hybridized carbons (Fsp3) is 0.500. The van der Waals surface area contributed by atoms with Crippen LogP contribution in [0.4, 0.5) is 4.79 Å². The molecule has 0 aliphatic heterocycles. The molecule has 2 amide bonds. The first kappa shape index (κ1) is 13.4. The summed E-state index contributed by atoms with van der Waals surface area (Å²) in [4.78, 5) is 27.2. The topological polar surface area (TPSA) is 91.3 Å². The van der Waals surface area contributed by atoms with Crippen molar-refractivity contribution in [2.45, 2.75) is 32.9 Å². The second-order valence-corrected chi connectivity index (χ2v) is 4.81. The first-order chi connectivity index (χ1) is 8.02. The summed E-state index contributed by atoms with van der Waals surface area (Å²) in [5, 5.41) is 14.5. The summed E-state index contributed by atoms with van der Waals surface area (Å²) < 4.78 is 0. The first-order valence-corrected chi connectivity index (χ1v) is 6.03. The van der Waals surface area contributed by atoms with Crippen LogP contribution in [0, 0.1) is 6.92 Å². The predicted octanol–water partition coefficient (Wildman–Crippen LogP) is 1.11. The van der Waals surface area contributed by atoms with Crippen LogP contribution in [0.3, 0.4) is 0 Å². The highest BCUT2D eigenvalue weighted by molar-refractivity contribution is 7.11. The Kier molecular flexibility index (Phi) is 4.89. The van der Waals surface area contributed by atoms with Crippen molar-refractivity contribution < 1.29 is 14.7 Å². The van der Waals surface area contributed by atoms with Crippen LogP contribution in [-0.2, 0) is 11.3 Å². The number of carboxylic acid groups (broad SMARTS) is 1. The minimum atomic E-state index is -1.03. The Morgan fingerprint density at radius 3 is 2.76 bits per heavy atom. The molecule has 0 aliphatic rings. The maximum absolute atomic E-state index is 11.4. The molecule has 0 radical (unpaired) electrons. The largest absolute Gasteiger partial charge is 0.480 e. The maximum Gasteiger partial charge on any atom is 0.326 e. The summed E-state index contributed by atoms with van der Waals surface area (Å²) >= 11 is 1.49. The van der Waals surface area contributed by atoms with E-state index in [1.54, 1.807) is 13.1 Å². The number of aliphatic carboxylic acids is 1. The lowest BCUT2D eigenvalue weighted by atomic mass is 10.2. The van der Waals surface area contributed by atoms with E-state index in [-0.39, 0.29) is 0 Å². The van der Waals surface area contributed by atoms with E-state index in [4.69, 9.17) is 5.11 Å². The molecule has 3 N–H and O–H groups in total. The highest BCUT2D eigenvalue weighted by Crippen LogP contribution is 2.10. The Morgan fingerprint density at radius 1 is 1.59 bits per heavy atom. The summed E-state index contributed by atoms with van der Waals surface area (Å²) in [6.45, 7) is 3.93. The van der Waals surface area contributed by atoms with Gasteiger partial charge >= 0.3 is 12.0 Å². The van der Waals surface area contributed by atoms with Gasteiger partial charge in [0.2, 0.25) is 0 Å². The number of nitrogens with zero attached hydrogens (tertiary/aromatic N) is 1. The number of carbonyl (C=O) groups excluding carboxylic acids is 1. The molecule has 7 heteroatoms. The normalized spacial score (nSPS) is 11.9. The van der Waals surface area contributed by atoms with E-state index >= 15 is 0 Å².